The van der Waals surface area contributed by atoms with Crippen molar-refractivity contribution in [3.8, 4) is 0 Å². The molecule has 0 aromatic heterocycles. The lowest BCUT2D eigenvalue weighted by Crippen LogP contribution is -2.48. The van der Waals surface area contributed by atoms with E-state index in [1.807, 2.05) is 0 Å². The third kappa shape index (κ3) is 4.49. The molecular formula is C24H23FN2O6. The van der Waals surface area contributed by atoms with Crippen LogP contribution in [0.25, 0.3) is 0 Å². The molecule has 2 unspecified atom stereocenters. The van der Waals surface area contributed by atoms with Crippen molar-refractivity contribution >= 4 is 29.4 Å². The van der Waals surface area contributed by atoms with Gasteiger partial charge in [0.25, 0.3) is 11.8 Å². The number of anilines is 1. The third-order valence-corrected chi connectivity index (χ3v) is 5.84. The average molecular weight is 454 g/mol. The standard InChI is InChI=1S/C24H23FN2O6/c1-32-24(31)15-8-10-16(11-9-15)27-21(28)13-20(23(27)30)26(14-17-5-4-12-33-17)22(29)18-6-2-3-7-19(18)25/h2-3,6-11,17,20H,4-5,12-14H2,1H3. The molecule has 172 valence electrons. The number of halogens is 1. The predicted molar refractivity (Wildman–Crippen MR) is 115 cm³/mol. The summed E-state index contributed by atoms with van der Waals surface area (Å²) in [7, 11) is 1.25. The molecule has 0 bridgehead atoms. The van der Waals surface area contributed by atoms with Crippen LogP contribution >= 0.6 is 0 Å². The van der Waals surface area contributed by atoms with Gasteiger partial charge in [-0.2, -0.15) is 0 Å². The fourth-order valence-corrected chi connectivity index (χ4v) is 4.14. The highest BCUT2D eigenvalue weighted by Crippen LogP contribution is 2.28. The summed E-state index contributed by atoms with van der Waals surface area (Å²) < 4.78 is 24.7. The maximum Gasteiger partial charge on any atom is 0.337 e. The Balaban J connectivity index is 1.62. The van der Waals surface area contributed by atoms with Crippen LogP contribution in [0.15, 0.2) is 48.5 Å². The van der Waals surface area contributed by atoms with Crippen molar-refractivity contribution in [3.05, 3.63) is 65.5 Å². The minimum Gasteiger partial charge on any atom is -0.465 e. The zero-order valence-electron chi connectivity index (χ0n) is 18.0. The number of esters is 1. The molecule has 2 atom stereocenters. The van der Waals surface area contributed by atoms with Crippen molar-refractivity contribution in [1.29, 1.82) is 0 Å². The zero-order chi connectivity index (χ0) is 23.5. The lowest BCUT2D eigenvalue weighted by Gasteiger charge is -2.30. The number of ether oxygens (including phenoxy) is 2. The van der Waals surface area contributed by atoms with Crippen molar-refractivity contribution in [3.63, 3.8) is 0 Å². The van der Waals surface area contributed by atoms with Crippen LogP contribution in [-0.2, 0) is 19.1 Å². The molecule has 2 aromatic rings. The van der Waals surface area contributed by atoms with Crippen LogP contribution in [0, 0.1) is 5.82 Å². The van der Waals surface area contributed by atoms with E-state index in [9.17, 15) is 23.6 Å². The first-order valence-corrected chi connectivity index (χ1v) is 10.6. The van der Waals surface area contributed by atoms with E-state index in [-0.39, 0.29) is 35.9 Å². The highest BCUT2D eigenvalue weighted by Gasteiger charge is 2.45. The van der Waals surface area contributed by atoms with E-state index in [2.05, 4.69) is 4.74 Å². The van der Waals surface area contributed by atoms with E-state index in [1.165, 1.54) is 60.5 Å². The molecule has 0 spiro atoms. The molecule has 2 fully saturated rings. The number of nitrogens with zero attached hydrogens (tertiary/aromatic N) is 2. The number of hydrogen-bond acceptors (Lipinski definition) is 6. The van der Waals surface area contributed by atoms with Crippen LogP contribution < -0.4 is 4.90 Å². The largest absolute Gasteiger partial charge is 0.465 e. The Morgan fingerprint density at radius 2 is 1.88 bits per heavy atom. The van der Waals surface area contributed by atoms with E-state index in [1.54, 1.807) is 0 Å². The SMILES string of the molecule is COC(=O)c1ccc(N2C(=O)CC(N(CC3CCCO3)C(=O)c3ccccc3F)C2=O)cc1. The molecule has 2 saturated heterocycles. The number of hydrogen-bond donors (Lipinski definition) is 0. The molecule has 2 aliphatic rings. The average Bonchev–Trinajstić information content (AvgIpc) is 3.44. The molecule has 9 heteroatoms. The summed E-state index contributed by atoms with van der Waals surface area (Å²) in [5.41, 5.74) is 0.374. The van der Waals surface area contributed by atoms with Crippen LogP contribution in [0.1, 0.15) is 40.0 Å². The van der Waals surface area contributed by atoms with Gasteiger partial charge in [0.1, 0.15) is 11.9 Å². The topological polar surface area (TPSA) is 93.2 Å². The lowest BCUT2D eigenvalue weighted by molar-refractivity contribution is -0.122. The third-order valence-electron chi connectivity index (χ3n) is 5.84. The summed E-state index contributed by atoms with van der Waals surface area (Å²) >= 11 is 0. The van der Waals surface area contributed by atoms with E-state index < -0.39 is 35.5 Å². The second-order valence-corrected chi connectivity index (χ2v) is 7.90. The number of benzene rings is 2. The summed E-state index contributed by atoms with van der Waals surface area (Å²) in [6.45, 7) is 0.620. The smallest absolute Gasteiger partial charge is 0.337 e. The van der Waals surface area contributed by atoms with Crippen molar-refractivity contribution in [2.45, 2.75) is 31.4 Å². The maximum absolute atomic E-state index is 14.4. The van der Waals surface area contributed by atoms with Gasteiger partial charge in [0.2, 0.25) is 5.91 Å². The first-order chi connectivity index (χ1) is 15.9. The Bertz CT molecular complexity index is 1080. The first-order valence-electron chi connectivity index (χ1n) is 10.6. The highest BCUT2D eigenvalue weighted by molar-refractivity contribution is 6.23. The Kier molecular flexibility index (Phi) is 6.50. The first kappa shape index (κ1) is 22.6. The Morgan fingerprint density at radius 3 is 2.52 bits per heavy atom. The molecule has 8 nitrogen and oxygen atoms in total. The van der Waals surface area contributed by atoms with Crippen LogP contribution in [-0.4, -0.2) is 61.0 Å². The van der Waals surface area contributed by atoms with E-state index in [4.69, 9.17) is 4.74 Å². The molecule has 3 amide bonds. The molecule has 0 radical (unpaired) electrons. The van der Waals surface area contributed by atoms with Crippen molar-refractivity contribution in [1.82, 2.24) is 4.90 Å². The number of carbonyl (C=O) groups excluding carboxylic acids is 4. The minimum absolute atomic E-state index is 0.0754. The fourth-order valence-electron chi connectivity index (χ4n) is 4.14. The zero-order valence-corrected chi connectivity index (χ0v) is 18.0. The van der Waals surface area contributed by atoms with Gasteiger partial charge < -0.3 is 14.4 Å². The van der Waals surface area contributed by atoms with Gasteiger partial charge in [0.05, 0.1) is 36.4 Å². The fraction of sp³-hybridized carbons (Fsp3) is 0.333. The molecule has 0 aliphatic carbocycles. The van der Waals surface area contributed by atoms with Crippen LogP contribution in [0.5, 0.6) is 0 Å². The predicted octanol–water partition coefficient (Wildman–Crippen LogP) is 2.57. The van der Waals surface area contributed by atoms with Gasteiger partial charge in [-0.05, 0) is 49.2 Å². The Hall–Kier alpha value is -3.59. The van der Waals surface area contributed by atoms with Gasteiger partial charge >= 0.3 is 5.97 Å². The molecule has 0 N–H and O–H groups in total. The Labute approximate surface area is 189 Å². The van der Waals surface area contributed by atoms with Crippen LogP contribution in [0.4, 0.5) is 10.1 Å². The van der Waals surface area contributed by atoms with Crippen molar-refractivity contribution in [2.24, 2.45) is 0 Å². The van der Waals surface area contributed by atoms with Crippen LogP contribution in [0.2, 0.25) is 0 Å². The van der Waals surface area contributed by atoms with Gasteiger partial charge in [-0.25, -0.2) is 14.1 Å². The molecular weight excluding hydrogens is 431 g/mol. The summed E-state index contributed by atoms with van der Waals surface area (Å²) in [6, 6.07) is 10.3. The van der Waals surface area contributed by atoms with Gasteiger partial charge in [0.15, 0.2) is 0 Å². The molecule has 4 rings (SSSR count). The number of methoxy groups -OCH3 is 1. The molecule has 33 heavy (non-hydrogen) atoms. The number of carbonyl (C=O) groups is 4. The summed E-state index contributed by atoms with van der Waals surface area (Å²) in [6.07, 6.45) is 0.999. The minimum atomic E-state index is -1.09. The monoisotopic (exact) mass is 454 g/mol. The molecule has 2 aliphatic heterocycles. The van der Waals surface area contributed by atoms with Crippen LogP contribution in [0.3, 0.4) is 0 Å². The molecule has 2 aromatic carbocycles. The number of amides is 3. The summed E-state index contributed by atoms with van der Waals surface area (Å²) in [4.78, 5) is 53.3. The maximum atomic E-state index is 14.4. The second kappa shape index (κ2) is 9.50. The quantitative estimate of drug-likeness (QED) is 0.492. The van der Waals surface area contributed by atoms with E-state index in [0.717, 1.165) is 11.3 Å². The number of imide groups is 1. The van der Waals surface area contributed by atoms with Gasteiger partial charge in [-0.15, -0.1) is 0 Å². The Morgan fingerprint density at radius 1 is 1.15 bits per heavy atom. The van der Waals surface area contributed by atoms with Crippen molar-refractivity contribution < 1.29 is 33.0 Å². The summed E-state index contributed by atoms with van der Waals surface area (Å²) in [5, 5.41) is 0. The second-order valence-electron chi connectivity index (χ2n) is 7.90. The van der Waals surface area contributed by atoms with E-state index in [0.29, 0.717) is 13.0 Å². The lowest BCUT2D eigenvalue weighted by atomic mass is 10.1. The molecule has 2 heterocycles. The van der Waals surface area contributed by atoms with Gasteiger partial charge in [-0.1, -0.05) is 12.1 Å². The normalized spacial score (nSPS) is 20.2. The number of rotatable bonds is 6. The highest BCUT2D eigenvalue weighted by atomic mass is 19.1. The van der Waals surface area contributed by atoms with Gasteiger partial charge in [-0.3, -0.25) is 14.4 Å². The van der Waals surface area contributed by atoms with Crippen molar-refractivity contribution in [2.75, 3.05) is 25.2 Å². The summed E-state index contributed by atoms with van der Waals surface area (Å²) in [5.74, 6) is -3.00. The van der Waals surface area contributed by atoms with Gasteiger partial charge in [0, 0.05) is 13.2 Å². The van der Waals surface area contributed by atoms with E-state index >= 15 is 0 Å². The molecule has 0 saturated carbocycles.